The van der Waals surface area contributed by atoms with Crippen LogP contribution in [0.5, 0.6) is 0 Å². The number of nitrogens with zero attached hydrogens (tertiary/aromatic N) is 2. The molecule has 2 heterocycles. The second kappa shape index (κ2) is 5.46. The van der Waals surface area contributed by atoms with Crippen LogP contribution in [0.4, 0.5) is 11.7 Å². The molecule has 2 aromatic rings. The van der Waals surface area contributed by atoms with Gasteiger partial charge in [0, 0.05) is 18.2 Å². The van der Waals surface area contributed by atoms with Crippen molar-refractivity contribution in [1.82, 2.24) is 10.3 Å². The first kappa shape index (κ1) is 12.9. The molecule has 1 fully saturated rings. The Morgan fingerprint density at radius 3 is 3.15 bits per heavy atom. The van der Waals surface area contributed by atoms with E-state index >= 15 is 0 Å². The molecular formula is C13H16N4O3. The Kier molecular flexibility index (Phi) is 3.51. The van der Waals surface area contributed by atoms with E-state index in [1.165, 1.54) is 12.1 Å². The quantitative estimate of drug-likeness (QED) is 0.660. The lowest BCUT2D eigenvalue weighted by Gasteiger charge is -2.13. The van der Waals surface area contributed by atoms with Crippen LogP contribution in [0.1, 0.15) is 19.3 Å². The molecule has 1 atom stereocenters. The number of oxazole rings is 1. The van der Waals surface area contributed by atoms with E-state index in [2.05, 4.69) is 15.6 Å². The largest absolute Gasteiger partial charge is 0.424 e. The second-order valence-electron chi connectivity index (χ2n) is 4.95. The van der Waals surface area contributed by atoms with E-state index in [0.29, 0.717) is 23.2 Å². The van der Waals surface area contributed by atoms with Crippen molar-refractivity contribution in [3.63, 3.8) is 0 Å². The second-order valence-corrected chi connectivity index (χ2v) is 4.95. The Morgan fingerprint density at radius 1 is 1.40 bits per heavy atom. The third-order valence-corrected chi connectivity index (χ3v) is 3.49. The van der Waals surface area contributed by atoms with E-state index in [0.717, 1.165) is 32.4 Å². The standard InChI is InChI=1S/C13H16N4O3/c18-17(19)10-3-4-12-11(8-10)16-13(20-12)15-9-2-1-6-14-7-5-9/h3-4,8-9,14H,1-2,5-7H2,(H,15,16). The number of fused-ring (bicyclic) bond motifs is 1. The van der Waals surface area contributed by atoms with Gasteiger partial charge in [0.25, 0.3) is 11.7 Å². The first-order valence-electron chi connectivity index (χ1n) is 6.74. The lowest BCUT2D eigenvalue weighted by atomic mass is 10.1. The number of aromatic nitrogens is 1. The monoisotopic (exact) mass is 276 g/mol. The van der Waals surface area contributed by atoms with Crippen molar-refractivity contribution in [1.29, 1.82) is 0 Å². The molecule has 0 amide bonds. The molecule has 7 heteroatoms. The average Bonchev–Trinajstić information content (AvgIpc) is 2.64. The zero-order valence-corrected chi connectivity index (χ0v) is 11.0. The van der Waals surface area contributed by atoms with Gasteiger partial charge in [-0.2, -0.15) is 4.98 Å². The van der Waals surface area contributed by atoms with Crippen molar-refractivity contribution in [3.05, 3.63) is 28.3 Å². The summed E-state index contributed by atoms with van der Waals surface area (Å²) in [6.45, 7) is 2.02. The molecule has 0 aliphatic carbocycles. The summed E-state index contributed by atoms with van der Waals surface area (Å²) in [4.78, 5) is 14.6. The molecule has 1 aromatic carbocycles. The van der Waals surface area contributed by atoms with Crippen LogP contribution < -0.4 is 10.6 Å². The maximum Gasteiger partial charge on any atom is 0.295 e. The lowest BCUT2D eigenvalue weighted by Crippen LogP contribution is -2.21. The molecular weight excluding hydrogens is 260 g/mol. The van der Waals surface area contributed by atoms with Crippen molar-refractivity contribution >= 4 is 22.8 Å². The zero-order chi connectivity index (χ0) is 13.9. The fourth-order valence-corrected chi connectivity index (χ4v) is 2.43. The molecule has 0 spiro atoms. The van der Waals surface area contributed by atoms with Gasteiger partial charge < -0.3 is 15.1 Å². The van der Waals surface area contributed by atoms with Crippen LogP contribution in [0.3, 0.4) is 0 Å². The number of anilines is 1. The molecule has 0 radical (unpaired) electrons. The fraction of sp³-hybridized carbons (Fsp3) is 0.462. The summed E-state index contributed by atoms with van der Waals surface area (Å²) in [6, 6.07) is 5.20. The molecule has 2 N–H and O–H groups in total. The number of hydrogen-bond acceptors (Lipinski definition) is 6. The minimum atomic E-state index is -0.432. The average molecular weight is 276 g/mol. The summed E-state index contributed by atoms with van der Waals surface area (Å²) in [5.41, 5.74) is 1.09. The zero-order valence-electron chi connectivity index (χ0n) is 11.0. The van der Waals surface area contributed by atoms with E-state index in [1.807, 2.05) is 0 Å². The minimum Gasteiger partial charge on any atom is -0.424 e. The minimum absolute atomic E-state index is 0.0241. The maximum absolute atomic E-state index is 10.7. The van der Waals surface area contributed by atoms with Gasteiger partial charge >= 0.3 is 0 Å². The van der Waals surface area contributed by atoms with Crippen molar-refractivity contribution in [2.45, 2.75) is 25.3 Å². The van der Waals surface area contributed by atoms with Crippen molar-refractivity contribution in [2.75, 3.05) is 18.4 Å². The van der Waals surface area contributed by atoms with Crippen molar-refractivity contribution in [3.8, 4) is 0 Å². The Morgan fingerprint density at radius 2 is 2.30 bits per heavy atom. The third kappa shape index (κ3) is 2.72. The summed E-state index contributed by atoms with van der Waals surface area (Å²) in [5, 5.41) is 17.3. The fourth-order valence-electron chi connectivity index (χ4n) is 2.43. The van der Waals surface area contributed by atoms with Gasteiger partial charge in [0.05, 0.1) is 4.92 Å². The van der Waals surface area contributed by atoms with Crippen LogP contribution >= 0.6 is 0 Å². The molecule has 7 nitrogen and oxygen atoms in total. The van der Waals surface area contributed by atoms with Crippen molar-refractivity contribution < 1.29 is 9.34 Å². The van der Waals surface area contributed by atoms with Crippen LogP contribution in [0.15, 0.2) is 22.6 Å². The van der Waals surface area contributed by atoms with Crippen LogP contribution in [-0.2, 0) is 0 Å². The molecule has 0 saturated carbocycles. The number of non-ortho nitro benzene ring substituents is 1. The number of rotatable bonds is 3. The van der Waals surface area contributed by atoms with Crippen LogP contribution in [0.25, 0.3) is 11.1 Å². The molecule has 1 aliphatic heterocycles. The van der Waals surface area contributed by atoms with Gasteiger partial charge in [0.2, 0.25) is 0 Å². The molecule has 1 aliphatic rings. The van der Waals surface area contributed by atoms with Gasteiger partial charge in [0.15, 0.2) is 5.58 Å². The molecule has 3 rings (SSSR count). The highest BCUT2D eigenvalue weighted by molar-refractivity contribution is 5.77. The van der Waals surface area contributed by atoms with Gasteiger partial charge in [-0.25, -0.2) is 0 Å². The Hall–Kier alpha value is -2.15. The summed E-state index contributed by atoms with van der Waals surface area (Å²) < 4.78 is 5.58. The van der Waals surface area contributed by atoms with Crippen LogP contribution in [0, 0.1) is 10.1 Å². The highest BCUT2D eigenvalue weighted by Gasteiger charge is 2.16. The number of nitro groups is 1. The van der Waals surface area contributed by atoms with Gasteiger partial charge in [-0.05, 0) is 38.4 Å². The van der Waals surface area contributed by atoms with Gasteiger partial charge in [-0.15, -0.1) is 0 Å². The van der Waals surface area contributed by atoms with Gasteiger partial charge in [0.1, 0.15) is 5.52 Å². The highest BCUT2D eigenvalue weighted by Crippen LogP contribution is 2.24. The predicted molar refractivity (Wildman–Crippen MR) is 74.8 cm³/mol. The summed E-state index contributed by atoms with van der Waals surface area (Å²) in [5.74, 6) is 0. The summed E-state index contributed by atoms with van der Waals surface area (Å²) in [7, 11) is 0. The van der Waals surface area contributed by atoms with Gasteiger partial charge in [-0.1, -0.05) is 0 Å². The van der Waals surface area contributed by atoms with E-state index in [-0.39, 0.29) is 5.69 Å². The van der Waals surface area contributed by atoms with E-state index in [4.69, 9.17) is 4.42 Å². The first-order valence-corrected chi connectivity index (χ1v) is 6.74. The van der Waals surface area contributed by atoms with Crippen molar-refractivity contribution in [2.24, 2.45) is 0 Å². The topological polar surface area (TPSA) is 93.2 Å². The molecule has 1 unspecified atom stereocenters. The highest BCUT2D eigenvalue weighted by atomic mass is 16.6. The van der Waals surface area contributed by atoms with Crippen LogP contribution in [-0.4, -0.2) is 29.0 Å². The molecule has 1 saturated heterocycles. The number of nitro benzene ring substituents is 1. The number of benzene rings is 1. The summed E-state index contributed by atoms with van der Waals surface area (Å²) in [6.07, 6.45) is 3.19. The Bertz CT molecular complexity index is 617. The molecule has 20 heavy (non-hydrogen) atoms. The SMILES string of the molecule is O=[N+]([O-])c1ccc2oc(NC3CCCNCC3)nc2c1. The summed E-state index contributed by atoms with van der Waals surface area (Å²) >= 11 is 0. The Labute approximate surface area is 115 Å². The van der Waals surface area contributed by atoms with E-state index in [9.17, 15) is 10.1 Å². The number of hydrogen-bond donors (Lipinski definition) is 2. The van der Waals surface area contributed by atoms with Gasteiger partial charge in [-0.3, -0.25) is 10.1 Å². The normalized spacial score (nSPS) is 19.7. The number of nitrogens with one attached hydrogen (secondary N) is 2. The lowest BCUT2D eigenvalue weighted by molar-refractivity contribution is -0.384. The van der Waals surface area contributed by atoms with E-state index in [1.54, 1.807) is 6.07 Å². The smallest absolute Gasteiger partial charge is 0.295 e. The van der Waals surface area contributed by atoms with Crippen LogP contribution in [0.2, 0.25) is 0 Å². The molecule has 106 valence electrons. The molecule has 0 bridgehead atoms. The maximum atomic E-state index is 10.7. The third-order valence-electron chi connectivity index (χ3n) is 3.49. The predicted octanol–water partition coefficient (Wildman–Crippen LogP) is 2.29. The Balaban J connectivity index is 1.79. The first-order chi connectivity index (χ1) is 9.72. The molecule has 1 aromatic heterocycles. The van der Waals surface area contributed by atoms with E-state index < -0.39 is 4.92 Å².